The fraction of sp³-hybridized carbons (Fsp3) is 0.758. The molecule has 11 heteroatoms. The molecule has 1 aliphatic heterocycles. The number of hydrogen-bond donors (Lipinski definition) is 2. The summed E-state index contributed by atoms with van der Waals surface area (Å²) in [5, 5.41) is 25.1. The third-order valence-corrected chi connectivity index (χ3v) is 12.8. The molecule has 3 unspecified atom stereocenters. The molecule has 6 fully saturated rings. The first-order chi connectivity index (χ1) is 21.0. The van der Waals surface area contributed by atoms with Crippen LogP contribution < -0.4 is 0 Å². The van der Waals surface area contributed by atoms with Gasteiger partial charge in [0.1, 0.15) is 23.9 Å². The molecule has 0 amide bonds. The topological polar surface area (TPSA) is 133 Å². The highest BCUT2D eigenvalue weighted by Gasteiger charge is 2.91. The molecule has 5 saturated carbocycles. The molecule has 7 bridgehead atoms. The zero-order chi connectivity index (χ0) is 31.4. The fourth-order valence-electron chi connectivity index (χ4n) is 12.3. The van der Waals surface area contributed by atoms with Crippen molar-refractivity contribution in [2.24, 2.45) is 34.5 Å². The minimum atomic E-state index is -1.76. The van der Waals surface area contributed by atoms with Crippen LogP contribution in [0.25, 0.3) is 0 Å². The second kappa shape index (κ2) is 10.2. The van der Waals surface area contributed by atoms with Gasteiger partial charge in [0.25, 0.3) is 0 Å². The molecule has 1 saturated heterocycles. The average Bonchev–Trinajstić information content (AvgIpc) is 3.39. The second-order valence-electron chi connectivity index (χ2n) is 14.2. The highest BCUT2D eigenvalue weighted by molar-refractivity contribution is 5.89. The van der Waals surface area contributed by atoms with Gasteiger partial charge >= 0.3 is 11.9 Å². The van der Waals surface area contributed by atoms with Crippen LogP contribution in [0.4, 0.5) is 0 Å². The van der Waals surface area contributed by atoms with Crippen molar-refractivity contribution in [3.63, 3.8) is 0 Å². The van der Waals surface area contributed by atoms with E-state index in [9.17, 15) is 19.8 Å². The number of fused-ring (bicyclic) bond motifs is 2. The van der Waals surface area contributed by atoms with Crippen LogP contribution in [0.5, 0.6) is 0 Å². The maximum Gasteiger partial charge on any atom is 0.338 e. The van der Waals surface area contributed by atoms with E-state index in [2.05, 4.69) is 11.9 Å². The highest BCUT2D eigenvalue weighted by atomic mass is 16.6. The Kier molecular flexibility index (Phi) is 7.07. The van der Waals surface area contributed by atoms with Gasteiger partial charge in [0.2, 0.25) is 0 Å². The number of likely N-dealkylation sites (tertiary alicyclic amines) is 1. The number of benzene rings is 1. The van der Waals surface area contributed by atoms with Gasteiger partial charge in [0.15, 0.2) is 5.60 Å². The number of piperidine rings is 1. The van der Waals surface area contributed by atoms with Gasteiger partial charge in [-0.2, -0.15) is 0 Å². The number of aliphatic hydroxyl groups excluding tert-OH is 1. The summed E-state index contributed by atoms with van der Waals surface area (Å²) < 4.78 is 37.5. The zero-order valence-electron chi connectivity index (χ0n) is 26.3. The number of methoxy groups -OCH3 is 4. The third kappa shape index (κ3) is 3.41. The molecule has 7 rings (SSSR count). The lowest BCUT2D eigenvalue weighted by molar-refractivity contribution is -0.316. The van der Waals surface area contributed by atoms with Gasteiger partial charge in [-0.25, -0.2) is 4.79 Å². The van der Waals surface area contributed by atoms with Crippen molar-refractivity contribution in [3.05, 3.63) is 35.9 Å². The van der Waals surface area contributed by atoms with Crippen molar-refractivity contribution < 1.29 is 48.2 Å². The van der Waals surface area contributed by atoms with Crippen LogP contribution in [0.3, 0.4) is 0 Å². The molecular weight excluding hydrogens is 570 g/mol. The summed E-state index contributed by atoms with van der Waals surface area (Å²) in [5.74, 6) is -2.96. The summed E-state index contributed by atoms with van der Waals surface area (Å²) in [5.41, 5.74) is -3.93. The van der Waals surface area contributed by atoms with Crippen molar-refractivity contribution in [1.29, 1.82) is 0 Å². The van der Waals surface area contributed by atoms with Crippen molar-refractivity contribution in [2.75, 3.05) is 48.6 Å². The zero-order valence-corrected chi connectivity index (χ0v) is 26.3. The monoisotopic (exact) mass is 615 g/mol. The van der Waals surface area contributed by atoms with E-state index >= 15 is 0 Å². The van der Waals surface area contributed by atoms with Crippen LogP contribution in [0.2, 0.25) is 0 Å². The van der Waals surface area contributed by atoms with Crippen molar-refractivity contribution in [2.45, 2.75) is 73.9 Å². The summed E-state index contributed by atoms with van der Waals surface area (Å²) in [7, 11) is 8.63. The minimum Gasteiger partial charge on any atom is -0.455 e. The molecule has 242 valence electrons. The number of carbonyl (C=O) groups excluding carboxylic acids is 2. The molecular formula is C33H45NO10. The van der Waals surface area contributed by atoms with Gasteiger partial charge in [-0.1, -0.05) is 18.2 Å². The number of nitrogens with zero attached hydrogens (tertiary/aromatic N) is 1. The molecule has 1 spiro atoms. The van der Waals surface area contributed by atoms with E-state index in [0.29, 0.717) is 12.2 Å². The molecule has 44 heavy (non-hydrogen) atoms. The Morgan fingerprint density at radius 1 is 1.02 bits per heavy atom. The van der Waals surface area contributed by atoms with E-state index < -0.39 is 64.8 Å². The Morgan fingerprint density at radius 2 is 1.75 bits per heavy atom. The predicted molar refractivity (Wildman–Crippen MR) is 154 cm³/mol. The molecule has 5 aliphatic carbocycles. The van der Waals surface area contributed by atoms with Crippen molar-refractivity contribution >= 4 is 11.9 Å². The summed E-state index contributed by atoms with van der Waals surface area (Å²) in [6, 6.07) is 8.39. The smallest absolute Gasteiger partial charge is 0.338 e. The van der Waals surface area contributed by atoms with Crippen molar-refractivity contribution in [3.8, 4) is 0 Å². The predicted octanol–water partition coefficient (Wildman–Crippen LogP) is 1.29. The molecule has 1 aromatic rings. The molecule has 1 aromatic carbocycles. The first-order valence-corrected chi connectivity index (χ1v) is 15.7. The second-order valence-corrected chi connectivity index (χ2v) is 14.2. The van der Waals surface area contributed by atoms with E-state index in [0.717, 1.165) is 19.4 Å². The van der Waals surface area contributed by atoms with Gasteiger partial charge in [-0.3, -0.25) is 4.79 Å². The molecule has 0 aromatic heterocycles. The van der Waals surface area contributed by atoms with E-state index in [1.165, 1.54) is 14.0 Å². The minimum absolute atomic E-state index is 0.103. The summed E-state index contributed by atoms with van der Waals surface area (Å²) >= 11 is 0. The molecule has 6 aliphatic rings. The molecule has 14 atom stereocenters. The number of rotatable bonds is 8. The SMILES string of the molecule is COC[C@@]12CC[C@H](OC)C34C(C([C@H](OC)[C@@H]31)[C@]1(OC(C)=O)[C@@H]3[C@H]4C[C@@](O)([C@@H]3OC(=O)c3ccccc3)[C@@H](OC)[C@@H]1O)N(C)C2. The Hall–Kier alpha value is -2.12. The van der Waals surface area contributed by atoms with E-state index in [1.807, 2.05) is 6.07 Å². The van der Waals surface area contributed by atoms with Crippen LogP contribution in [0.15, 0.2) is 30.3 Å². The van der Waals surface area contributed by atoms with Gasteiger partial charge in [-0.05, 0) is 44.4 Å². The van der Waals surface area contributed by atoms with Gasteiger partial charge in [-0.15, -0.1) is 0 Å². The lowest BCUT2D eigenvalue weighted by atomic mass is 9.43. The van der Waals surface area contributed by atoms with Gasteiger partial charge < -0.3 is 43.5 Å². The first kappa shape index (κ1) is 30.5. The lowest BCUT2D eigenvalue weighted by Crippen LogP contribution is -2.80. The highest BCUT2D eigenvalue weighted by Crippen LogP contribution is 2.80. The van der Waals surface area contributed by atoms with E-state index in [1.54, 1.807) is 45.6 Å². The fourth-order valence-corrected chi connectivity index (χ4v) is 12.3. The molecule has 2 N–H and O–H groups in total. The normalized spacial score (nSPS) is 49.9. The Bertz CT molecular complexity index is 1310. The number of hydrogen-bond acceptors (Lipinski definition) is 11. The number of carbonyl (C=O) groups is 2. The molecule has 11 nitrogen and oxygen atoms in total. The van der Waals surface area contributed by atoms with E-state index in [-0.39, 0.29) is 35.8 Å². The third-order valence-electron chi connectivity index (χ3n) is 12.8. The Labute approximate surface area is 258 Å². The van der Waals surface area contributed by atoms with Gasteiger partial charge in [0.05, 0.1) is 24.4 Å². The largest absolute Gasteiger partial charge is 0.455 e. The number of ether oxygens (including phenoxy) is 6. The average molecular weight is 616 g/mol. The maximum atomic E-state index is 13.7. The number of aliphatic hydroxyl groups is 2. The summed E-state index contributed by atoms with van der Waals surface area (Å²) in [4.78, 5) is 29.2. The van der Waals surface area contributed by atoms with E-state index in [4.69, 9.17) is 28.4 Å². The summed E-state index contributed by atoms with van der Waals surface area (Å²) in [6.45, 7) is 2.56. The molecule has 0 radical (unpaired) electrons. The first-order valence-electron chi connectivity index (χ1n) is 15.7. The quantitative estimate of drug-likeness (QED) is 0.410. The Balaban J connectivity index is 1.51. The molecule has 1 heterocycles. The Morgan fingerprint density at radius 3 is 2.36 bits per heavy atom. The number of esters is 2. The maximum absolute atomic E-state index is 13.7. The summed E-state index contributed by atoms with van der Waals surface area (Å²) in [6.07, 6.45) is -2.66. The van der Waals surface area contributed by atoms with Crippen LogP contribution >= 0.6 is 0 Å². The standard InChI is InChI=1S/C33H45NO10/c1-17(35)44-33-21-19(14-31(38,28(42-6)26(33)36)27(21)43-29(37)18-10-8-7-9-11-18)32-20(40-4)12-13-30(16-39-3)15-34(2)25(32)22(33)23(41-5)24(30)32/h7-11,19-28,36,38H,12-16H2,1-6H3/t19-,20+,21-,22?,23+,24-,25?,26+,27-,28+,30+,31-,32?,33-/m1/s1. The van der Waals surface area contributed by atoms with Crippen molar-refractivity contribution in [1.82, 2.24) is 4.90 Å². The van der Waals surface area contributed by atoms with Crippen LogP contribution in [-0.2, 0) is 33.2 Å². The van der Waals surface area contributed by atoms with Crippen LogP contribution in [0, 0.1) is 34.5 Å². The lowest BCUT2D eigenvalue weighted by Gasteiger charge is -2.69. The van der Waals surface area contributed by atoms with Gasteiger partial charge in [0, 0.05) is 76.5 Å². The van der Waals surface area contributed by atoms with Crippen LogP contribution in [0.1, 0.15) is 36.5 Å². The van der Waals surface area contributed by atoms with Crippen LogP contribution in [-0.4, -0.2) is 123 Å².